The summed E-state index contributed by atoms with van der Waals surface area (Å²) in [7, 11) is 0. The molecular formula is C20H30O3. The summed E-state index contributed by atoms with van der Waals surface area (Å²) in [5.41, 5.74) is 2.18. The molecule has 3 heteroatoms. The highest BCUT2D eigenvalue weighted by atomic mass is 16.5. The summed E-state index contributed by atoms with van der Waals surface area (Å²) in [4.78, 5) is 11.7. The molecule has 128 valence electrons. The van der Waals surface area contributed by atoms with Crippen LogP contribution in [0.5, 0.6) is 0 Å². The average molecular weight is 318 g/mol. The monoisotopic (exact) mass is 318 g/mol. The average Bonchev–Trinajstić information content (AvgIpc) is 2.87. The second kappa shape index (κ2) is 5.77. The van der Waals surface area contributed by atoms with Crippen molar-refractivity contribution in [3.8, 4) is 0 Å². The molecule has 0 aromatic rings. The molecule has 1 heterocycles. The molecule has 2 saturated carbocycles. The van der Waals surface area contributed by atoms with Gasteiger partial charge in [0.1, 0.15) is 0 Å². The van der Waals surface area contributed by atoms with Gasteiger partial charge in [0.2, 0.25) is 0 Å². The molecule has 1 saturated heterocycles. The van der Waals surface area contributed by atoms with Gasteiger partial charge in [0, 0.05) is 12.0 Å². The fourth-order valence-corrected chi connectivity index (χ4v) is 5.52. The van der Waals surface area contributed by atoms with E-state index in [1.54, 1.807) is 0 Å². The third-order valence-corrected chi connectivity index (χ3v) is 6.87. The summed E-state index contributed by atoms with van der Waals surface area (Å²) in [6.07, 6.45) is 7.63. The van der Waals surface area contributed by atoms with Gasteiger partial charge in [-0.05, 0) is 53.9 Å². The molecule has 23 heavy (non-hydrogen) atoms. The smallest absolute Gasteiger partial charge is 0.333 e. The molecule has 2 aliphatic carbocycles. The number of aliphatic hydroxyl groups is 1. The van der Waals surface area contributed by atoms with Crippen LogP contribution in [0, 0.1) is 22.7 Å². The Balaban J connectivity index is 1.89. The molecule has 1 unspecified atom stereocenters. The molecule has 3 nitrogen and oxygen atoms in total. The maximum absolute atomic E-state index is 11.7. The number of rotatable bonds is 2. The number of carbonyl (C=O) groups excluding carboxylic acids is 1. The zero-order valence-electron chi connectivity index (χ0n) is 14.7. The lowest BCUT2D eigenvalue weighted by Gasteiger charge is -2.59. The van der Waals surface area contributed by atoms with Crippen molar-refractivity contribution in [1.29, 1.82) is 0 Å². The van der Waals surface area contributed by atoms with Crippen molar-refractivity contribution in [2.24, 2.45) is 22.7 Å². The van der Waals surface area contributed by atoms with Crippen LogP contribution in [-0.4, -0.2) is 23.8 Å². The van der Waals surface area contributed by atoms with Gasteiger partial charge in [-0.25, -0.2) is 4.79 Å². The van der Waals surface area contributed by atoms with E-state index in [1.807, 2.05) is 6.08 Å². The number of cyclic esters (lactones) is 1. The first-order valence-corrected chi connectivity index (χ1v) is 8.98. The summed E-state index contributed by atoms with van der Waals surface area (Å²) in [5, 5.41) is 10.6. The van der Waals surface area contributed by atoms with E-state index < -0.39 is 6.10 Å². The lowest BCUT2D eigenvalue weighted by Crippen LogP contribution is -2.52. The number of carbonyl (C=O) groups is 1. The Hall–Kier alpha value is -1.09. The minimum Gasteiger partial charge on any atom is -0.462 e. The van der Waals surface area contributed by atoms with Crippen LogP contribution >= 0.6 is 0 Å². The molecule has 1 N–H and O–H groups in total. The molecule has 0 spiro atoms. The minimum absolute atomic E-state index is 0.164. The standard InChI is InChI=1S/C20H30O3/c1-13-15(7-6-14-8-11-23-18(14)22)20(4)10-5-9-19(2,3)17(20)12-16(13)21/h6,15-17,21H,1,5,7-12H2,2-4H3/b14-6+/t15?,16-,17-,20+/m0/s1. The largest absolute Gasteiger partial charge is 0.462 e. The highest BCUT2D eigenvalue weighted by molar-refractivity contribution is 5.90. The molecule has 0 radical (unpaired) electrons. The van der Waals surface area contributed by atoms with Gasteiger partial charge in [-0.2, -0.15) is 0 Å². The summed E-state index contributed by atoms with van der Waals surface area (Å²) < 4.78 is 5.04. The van der Waals surface area contributed by atoms with Crippen molar-refractivity contribution in [3.63, 3.8) is 0 Å². The van der Waals surface area contributed by atoms with Crippen LogP contribution in [0.15, 0.2) is 23.8 Å². The first-order chi connectivity index (χ1) is 10.8. The Kier molecular flexibility index (Phi) is 4.20. The second-order valence-corrected chi connectivity index (χ2v) is 8.63. The molecule has 3 rings (SSSR count). The summed E-state index contributed by atoms with van der Waals surface area (Å²) in [5.74, 6) is 0.581. The number of ether oxygens (including phenoxy) is 1. The maximum Gasteiger partial charge on any atom is 0.333 e. The zero-order valence-corrected chi connectivity index (χ0v) is 14.7. The predicted molar refractivity (Wildman–Crippen MR) is 90.8 cm³/mol. The summed E-state index contributed by atoms with van der Waals surface area (Å²) in [6, 6.07) is 0. The van der Waals surface area contributed by atoms with E-state index >= 15 is 0 Å². The van der Waals surface area contributed by atoms with E-state index in [1.165, 1.54) is 19.3 Å². The maximum atomic E-state index is 11.7. The van der Waals surface area contributed by atoms with Crippen LogP contribution in [0.25, 0.3) is 0 Å². The van der Waals surface area contributed by atoms with Gasteiger partial charge in [0.15, 0.2) is 0 Å². The zero-order chi connectivity index (χ0) is 16.8. The SMILES string of the molecule is C=C1C(C/C=C2\CCOC2=O)[C@@]2(C)CCCC(C)(C)[C@@H]2C[C@@H]1O. The molecule has 4 atom stereocenters. The molecular weight excluding hydrogens is 288 g/mol. The van der Waals surface area contributed by atoms with Crippen molar-refractivity contribution in [1.82, 2.24) is 0 Å². The van der Waals surface area contributed by atoms with Crippen LogP contribution in [0.4, 0.5) is 0 Å². The molecule has 1 aliphatic heterocycles. The molecule has 3 aliphatic rings. The Labute approximate surface area is 139 Å². The molecule has 0 bridgehead atoms. The Bertz CT molecular complexity index is 545. The van der Waals surface area contributed by atoms with Crippen LogP contribution in [0.3, 0.4) is 0 Å². The van der Waals surface area contributed by atoms with Crippen molar-refractivity contribution in [3.05, 3.63) is 23.8 Å². The third kappa shape index (κ3) is 2.77. The van der Waals surface area contributed by atoms with E-state index in [2.05, 4.69) is 27.4 Å². The van der Waals surface area contributed by atoms with Gasteiger partial charge in [-0.15, -0.1) is 0 Å². The number of hydrogen-bond acceptors (Lipinski definition) is 3. The van der Waals surface area contributed by atoms with E-state index in [-0.39, 0.29) is 22.7 Å². The van der Waals surface area contributed by atoms with Crippen molar-refractivity contribution in [2.45, 2.75) is 65.4 Å². The quantitative estimate of drug-likeness (QED) is 0.475. The topological polar surface area (TPSA) is 46.5 Å². The van der Waals surface area contributed by atoms with Gasteiger partial charge in [-0.1, -0.05) is 39.8 Å². The van der Waals surface area contributed by atoms with Crippen LogP contribution in [-0.2, 0) is 9.53 Å². The van der Waals surface area contributed by atoms with E-state index in [0.29, 0.717) is 18.9 Å². The minimum atomic E-state index is -0.413. The fraction of sp³-hybridized carbons (Fsp3) is 0.750. The first kappa shape index (κ1) is 16.8. The Morgan fingerprint density at radius 3 is 2.74 bits per heavy atom. The van der Waals surface area contributed by atoms with Gasteiger partial charge < -0.3 is 9.84 Å². The fourth-order valence-electron chi connectivity index (χ4n) is 5.52. The van der Waals surface area contributed by atoms with Gasteiger partial charge in [0.25, 0.3) is 0 Å². The second-order valence-electron chi connectivity index (χ2n) is 8.63. The molecule has 0 aromatic carbocycles. The summed E-state index contributed by atoms with van der Waals surface area (Å²) >= 11 is 0. The van der Waals surface area contributed by atoms with Crippen molar-refractivity contribution in [2.75, 3.05) is 6.61 Å². The van der Waals surface area contributed by atoms with Crippen molar-refractivity contribution >= 4 is 5.97 Å². The number of aliphatic hydroxyl groups excluding tert-OH is 1. The number of allylic oxidation sites excluding steroid dienone is 1. The Morgan fingerprint density at radius 2 is 2.09 bits per heavy atom. The van der Waals surface area contributed by atoms with Crippen LogP contribution in [0.1, 0.15) is 59.3 Å². The highest BCUT2D eigenvalue weighted by Gasteiger charge is 2.54. The van der Waals surface area contributed by atoms with Crippen LogP contribution in [0.2, 0.25) is 0 Å². The van der Waals surface area contributed by atoms with Gasteiger partial charge >= 0.3 is 5.97 Å². The normalized spacial score (nSPS) is 41.7. The lowest BCUT2D eigenvalue weighted by molar-refractivity contribution is -0.135. The van der Waals surface area contributed by atoms with Gasteiger partial charge in [-0.3, -0.25) is 0 Å². The van der Waals surface area contributed by atoms with E-state index in [9.17, 15) is 9.90 Å². The van der Waals surface area contributed by atoms with Crippen molar-refractivity contribution < 1.29 is 14.6 Å². The molecule has 0 amide bonds. The van der Waals surface area contributed by atoms with E-state index in [4.69, 9.17) is 4.74 Å². The van der Waals surface area contributed by atoms with Gasteiger partial charge in [0.05, 0.1) is 12.7 Å². The Morgan fingerprint density at radius 1 is 1.35 bits per heavy atom. The summed E-state index contributed by atoms with van der Waals surface area (Å²) in [6.45, 7) is 11.8. The number of esters is 1. The molecule has 3 fully saturated rings. The van der Waals surface area contributed by atoms with E-state index in [0.717, 1.165) is 24.0 Å². The molecule has 0 aromatic heterocycles. The predicted octanol–water partition coefficient (Wildman–Crippen LogP) is 4.02. The lowest BCUT2D eigenvalue weighted by atomic mass is 9.46. The number of fused-ring (bicyclic) bond motifs is 1. The first-order valence-electron chi connectivity index (χ1n) is 8.98. The highest BCUT2D eigenvalue weighted by Crippen LogP contribution is 2.61. The van der Waals surface area contributed by atoms with Crippen LogP contribution < -0.4 is 0 Å². The number of hydrogen-bond donors (Lipinski definition) is 1. The third-order valence-electron chi connectivity index (χ3n) is 6.87.